The molecule has 5 heteroatoms. The lowest BCUT2D eigenvalue weighted by molar-refractivity contribution is -0.142. The quantitative estimate of drug-likeness (QED) is 0.724. The lowest BCUT2D eigenvalue weighted by atomic mass is 9.99. The van der Waals surface area contributed by atoms with Crippen LogP contribution in [0.2, 0.25) is 0 Å². The smallest absolute Gasteiger partial charge is 0.308 e. The Bertz CT molecular complexity index is 278. The highest BCUT2D eigenvalue weighted by molar-refractivity contribution is 5.79. The molecule has 5 nitrogen and oxygen atoms in total. The average molecular weight is 228 g/mol. The SMILES string of the molecule is CC(N)CCC(=O)N1C[C@@H](C)[C@H](C(=O)O)C1. The molecular weight excluding hydrogens is 208 g/mol. The second-order valence-electron chi connectivity index (χ2n) is 4.74. The van der Waals surface area contributed by atoms with Crippen molar-refractivity contribution < 1.29 is 14.7 Å². The third-order valence-electron chi connectivity index (χ3n) is 3.10. The molecule has 1 saturated heterocycles. The molecule has 16 heavy (non-hydrogen) atoms. The van der Waals surface area contributed by atoms with Crippen molar-refractivity contribution in [1.29, 1.82) is 0 Å². The van der Waals surface area contributed by atoms with Gasteiger partial charge in [-0.3, -0.25) is 9.59 Å². The standard InChI is InChI=1S/C11H20N2O3/c1-7-5-13(6-9(7)11(15)16)10(14)4-3-8(2)12/h7-9H,3-6,12H2,1-2H3,(H,15,16)/t7-,8?,9-/m1/s1. The Labute approximate surface area is 95.6 Å². The molecule has 3 N–H and O–H groups in total. The zero-order valence-electron chi connectivity index (χ0n) is 9.85. The Balaban J connectivity index is 2.45. The van der Waals surface area contributed by atoms with Crippen LogP contribution in [0.3, 0.4) is 0 Å². The molecule has 3 atom stereocenters. The summed E-state index contributed by atoms with van der Waals surface area (Å²) in [6.45, 7) is 4.63. The molecular formula is C11H20N2O3. The first-order chi connectivity index (χ1) is 7.41. The third kappa shape index (κ3) is 3.20. The topological polar surface area (TPSA) is 83.6 Å². The van der Waals surface area contributed by atoms with Crippen molar-refractivity contribution in [3.63, 3.8) is 0 Å². The fourth-order valence-corrected chi connectivity index (χ4v) is 2.00. The molecule has 0 aliphatic carbocycles. The van der Waals surface area contributed by atoms with Crippen molar-refractivity contribution in [3.8, 4) is 0 Å². The molecule has 0 aromatic heterocycles. The van der Waals surface area contributed by atoms with Crippen LogP contribution in [-0.4, -0.2) is 41.0 Å². The highest BCUT2D eigenvalue weighted by atomic mass is 16.4. The Morgan fingerprint density at radius 2 is 2.12 bits per heavy atom. The van der Waals surface area contributed by atoms with E-state index in [0.29, 0.717) is 25.9 Å². The van der Waals surface area contributed by atoms with Gasteiger partial charge in [0.2, 0.25) is 5.91 Å². The first-order valence-corrected chi connectivity index (χ1v) is 5.68. The van der Waals surface area contributed by atoms with E-state index in [2.05, 4.69) is 0 Å². The zero-order chi connectivity index (χ0) is 12.3. The van der Waals surface area contributed by atoms with E-state index in [0.717, 1.165) is 0 Å². The summed E-state index contributed by atoms with van der Waals surface area (Å²) in [5, 5.41) is 8.94. The molecule has 1 rings (SSSR count). The summed E-state index contributed by atoms with van der Waals surface area (Å²) in [4.78, 5) is 24.3. The van der Waals surface area contributed by atoms with Gasteiger partial charge in [0.15, 0.2) is 0 Å². The van der Waals surface area contributed by atoms with Crippen LogP contribution in [0.4, 0.5) is 0 Å². The number of nitrogens with two attached hydrogens (primary N) is 1. The van der Waals surface area contributed by atoms with E-state index < -0.39 is 11.9 Å². The van der Waals surface area contributed by atoms with Gasteiger partial charge >= 0.3 is 5.97 Å². The molecule has 0 saturated carbocycles. The van der Waals surface area contributed by atoms with Gasteiger partial charge in [-0.25, -0.2) is 0 Å². The second-order valence-corrected chi connectivity index (χ2v) is 4.74. The predicted molar refractivity (Wildman–Crippen MR) is 59.8 cm³/mol. The van der Waals surface area contributed by atoms with Crippen molar-refractivity contribution in [2.45, 2.75) is 32.7 Å². The summed E-state index contributed by atoms with van der Waals surface area (Å²) in [5.41, 5.74) is 5.58. The molecule has 1 aliphatic rings. The molecule has 0 spiro atoms. The lowest BCUT2D eigenvalue weighted by Crippen LogP contribution is -2.31. The largest absolute Gasteiger partial charge is 0.481 e. The number of amides is 1. The van der Waals surface area contributed by atoms with Crippen LogP contribution in [-0.2, 0) is 9.59 Å². The van der Waals surface area contributed by atoms with E-state index in [9.17, 15) is 9.59 Å². The average Bonchev–Trinajstić information content (AvgIpc) is 2.56. The van der Waals surface area contributed by atoms with Crippen molar-refractivity contribution in [2.24, 2.45) is 17.6 Å². The fourth-order valence-electron chi connectivity index (χ4n) is 2.00. The minimum Gasteiger partial charge on any atom is -0.481 e. The molecule has 0 bridgehead atoms. The van der Waals surface area contributed by atoms with Crippen LogP contribution < -0.4 is 5.73 Å². The molecule has 1 aliphatic heterocycles. The van der Waals surface area contributed by atoms with E-state index in [1.54, 1.807) is 4.90 Å². The van der Waals surface area contributed by atoms with E-state index in [-0.39, 0.29) is 17.9 Å². The Morgan fingerprint density at radius 3 is 2.56 bits per heavy atom. The number of aliphatic carboxylic acids is 1. The maximum atomic E-state index is 11.7. The summed E-state index contributed by atoms with van der Waals surface area (Å²) in [6, 6.07) is 0.0132. The summed E-state index contributed by atoms with van der Waals surface area (Å²) < 4.78 is 0. The Kier molecular flexibility index (Phi) is 4.29. The number of rotatable bonds is 4. The fraction of sp³-hybridized carbons (Fsp3) is 0.818. The molecule has 0 aromatic rings. The monoisotopic (exact) mass is 228 g/mol. The molecule has 0 aromatic carbocycles. The highest BCUT2D eigenvalue weighted by Crippen LogP contribution is 2.23. The molecule has 92 valence electrons. The summed E-state index contributed by atoms with van der Waals surface area (Å²) in [7, 11) is 0. The Morgan fingerprint density at radius 1 is 1.50 bits per heavy atom. The van der Waals surface area contributed by atoms with Crippen LogP contribution in [0.1, 0.15) is 26.7 Å². The summed E-state index contributed by atoms with van der Waals surface area (Å²) in [6.07, 6.45) is 1.07. The van der Waals surface area contributed by atoms with Gasteiger partial charge in [-0.2, -0.15) is 0 Å². The van der Waals surface area contributed by atoms with Crippen LogP contribution in [0, 0.1) is 11.8 Å². The number of carbonyl (C=O) groups excluding carboxylic acids is 1. The molecule has 1 amide bonds. The first kappa shape index (κ1) is 13.0. The highest BCUT2D eigenvalue weighted by Gasteiger charge is 2.36. The number of nitrogens with zero attached hydrogens (tertiary/aromatic N) is 1. The van der Waals surface area contributed by atoms with Crippen molar-refractivity contribution in [3.05, 3.63) is 0 Å². The number of carboxylic acid groups (broad SMARTS) is 1. The van der Waals surface area contributed by atoms with Gasteiger partial charge in [0.25, 0.3) is 0 Å². The second kappa shape index (κ2) is 5.30. The van der Waals surface area contributed by atoms with Crippen molar-refractivity contribution >= 4 is 11.9 Å². The maximum Gasteiger partial charge on any atom is 0.308 e. The maximum absolute atomic E-state index is 11.7. The molecule has 1 fully saturated rings. The number of hydrogen-bond acceptors (Lipinski definition) is 3. The minimum absolute atomic E-state index is 0.0132. The molecule has 0 radical (unpaired) electrons. The lowest BCUT2D eigenvalue weighted by Gasteiger charge is -2.16. The molecule has 1 heterocycles. The van der Waals surface area contributed by atoms with E-state index in [1.807, 2.05) is 13.8 Å². The normalized spacial score (nSPS) is 26.8. The van der Waals surface area contributed by atoms with Crippen molar-refractivity contribution in [2.75, 3.05) is 13.1 Å². The zero-order valence-corrected chi connectivity index (χ0v) is 9.85. The van der Waals surface area contributed by atoms with E-state index in [4.69, 9.17) is 10.8 Å². The van der Waals surface area contributed by atoms with Crippen molar-refractivity contribution in [1.82, 2.24) is 4.90 Å². The van der Waals surface area contributed by atoms with Gasteiger partial charge in [-0.05, 0) is 19.3 Å². The predicted octanol–water partition coefficient (Wildman–Crippen LogP) is 0.293. The third-order valence-corrected chi connectivity index (χ3v) is 3.10. The summed E-state index contributed by atoms with van der Waals surface area (Å²) >= 11 is 0. The number of carbonyl (C=O) groups is 2. The molecule has 1 unspecified atom stereocenters. The number of likely N-dealkylation sites (tertiary alicyclic amines) is 1. The number of carboxylic acids is 1. The first-order valence-electron chi connectivity index (χ1n) is 5.68. The van der Waals surface area contributed by atoms with Crippen LogP contribution >= 0.6 is 0 Å². The summed E-state index contributed by atoms with van der Waals surface area (Å²) in [5.74, 6) is -1.17. The van der Waals surface area contributed by atoms with Gasteiger partial charge < -0.3 is 15.7 Å². The van der Waals surface area contributed by atoms with Crippen LogP contribution in [0.15, 0.2) is 0 Å². The van der Waals surface area contributed by atoms with E-state index in [1.165, 1.54) is 0 Å². The van der Waals surface area contributed by atoms with E-state index >= 15 is 0 Å². The van der Waals surface area contributed by atoms with Gasteiger partial charge in [-0.1, -0.05) is 6.92 Å². The van der Waals surface area contributed by atoms with Gasteiger partial charge in [0.05, 0.1) is 5.92 Å². The van der Waals surface area contributed by atoms with Gasteiger partial charge in [-0.15, -0.1) is 0 Å². The van der Waals surface area contributed by atoms with Crippen LogP contribution in [0.5, 0.6) is 0 Å². The van der Waals surface area contributed by atoms with Gasteiger partial charge in [0, 0.05) is 25.6 Å². The van der Waals surface area contributed by atoms with Crippen LogP contribution in [0.25, 0.3) is 0 Å². The Hall–Kier alpha value is -1.10. The number of hydrogen-bond donors (Lipinski definition) is 2. The van der Waals surface area contributed by atoms with Gasteiger partial charge in [0.1, 0.15) is 0 Å². The minimum atomic E-state index is -0.810.